The van der Waals surface area contributed by atoms with Crippen LogP contribution in [0.3, 0.4) is 0 Å². The van der Waals surface area contributed by atoms with E-state index in [1.54, 1.807) is 0 Å². The summed E-state index contributed by atoms with van der Waals surface area (Å²) in [4.78, 5) is 0. The second-order valence-electron chi connectivity index (χ2n) is 5.90. The average molecular weight is 251 g/mol. The molecule has 0 aromatic heterocycles. The zero-order chi connectivity index (χ0) is 13.2. The second-order valence-corrected chi connectivity index (χ2v) is 5.90. The molecule has 0 bridgehead atoms. The smallest absolute Gasteiger partial charge is 0.0555 e. The van der Waals surface area contributed by atoms with Gasteiger partial charge >= 0.3 is 0 Å². The molecule has 1 N–H and O–H groups in total. The molecule has 1 heteroatoms. The lowest BCUT2D eigenvalue weighted by Crippen LogP contribution is -2.05. The molecule has 1 aliphatic heterocycles. The third-order valence-electron chi connectivity index (χ3n) is 3.80. The van der Waals surface area contributed by atoms with Crippen molar-refractivity contribution >= 4 is 5.69 Å². The van der Waals surface area contributed by atoms with Crippen LogP contribution < -0.4 is 5.32 Å². The summed E-state index contributed by atoms with van der Waals surface area (Å²) in [6.07, 6.45) is 2.26. The zero-order valence-corrected chi connectivity index (χ0v) is 11.7. The molecule has 3 rings (SSSR count). The maximum absolute atomic E-state index is 3.61. The Morgan fingerprint density at radius 2 is 1.79 bits per heavy atom. The molecular weight excluding hydrogens is 230 g/mol. The van der Waals surface area contributed by atoms with Gasteiger partial charge in [0.15, 0.2) is 0 Å². The van der Waals surface area contributed by atoms with Crippen molar-refractivity contribution in [1.82, 2.24) is 0 Å². The number of nitrogens with one attached hydrogen (secondary N) is 1. The summed E-state index contributed by atoms with van der Waals surface area (Å²) in [5.74, 6) is 0.722. The Kier molecular flexibility index (Phi) is 3.29. The quantitative estimate of drug-likeness (QED) is 0.841. The normalized spacial score (nSPS) is 17.3. The van der Waals surface area contributed by atoms with Crippen molar-refractivity contribution in [2.24, 2.45) is 5.92 Å². The summed E-state index contributed by atoms with van der Waals surface area (Å²) in [5, 5.41) is 3.61. The molecule has 2 aromatic carbocycles. The van der Waals surface area contributed by atoms with Gasteiger partial charge < -0.3 is 5.32 Å². The molecule has 1 nitrogen and oxygen atoms in total. The SMILES string of the molecule is CC(C)Cc1ccc(C2Cc3ccccc3N2)cc1. The van der Waals surface area contributed by atoms with Crippen LogP contribution in [0.5, 0.6) is 0 Å². The number of hydrogen-bond donors (Lipinski definition) is 1. The van der Waals surface area contributed by atoms with Gasteiger partial charge in [0.05, 0.1) is 6.04 Å². The van der Waals surface area contributed by atoms with Gasteiger partial charge in [-0.05, 0) is 41.5 Å². The van der Waals surface area contributed by atoms with Gasteiger partial charge in [-0.2, -0.15) is 0 Å². The van der Waals surface area contributed by atoms with Crippen LogP contribution in [0.4, 0.5) is 5.69 Å². The van der Waals surface area contributed by atoms with Crippen LogP contribution >= 0.6 is 0 Å². The molecule has 0 saturated carbocycles. The van der Waals surface area contributed by atoms with E-state index in [1.165, 1.54) is 28.8 Å². The standard InChI is InChI=1S/C18H21N/c1-13(2)11-14-7-9-15(10-8-14)18-12-16-5-3-4-6-17(16)19-18/h3-10,13,18-19H,11-12H2,1-2H3. The van der Waals surface area contributed by atoms with E-state index in [2.05, 4.69) is 67.7 Å². The van der Waals surface area contributed by atoms with Crippen molar-refractivity contribution in [2.75, 3.05) is 5.32 Å². The second kappa shape index (κ2) is 5.08. The van der Waals surface area contributed by atoms with Crippen LogP contribution in [0.2, 0.25) is 0 Å². The first-order chi connectivity index (χ1) is 9.22. The number of para-hydroxylation sites is 1. The van der Waals surface area contributed by atoms with Gasteiger partial charge in [-0.15, -0.1) is 0 Å². The molecule has 0 fully saturated rings. The largest absolute Gasteiger partial charge is 0.378 e. The Hall–Kier alpha value is -1.76. The molecule has 98 valence electrons. The molecule has 19 heavy (non-hydrogen) atoms. The molecule has 0 spiro atoms. The van der Waals surface area contributed by atoms with Crippen molar-refractivity contribution in [3.05, 3.63) is 65.2 Å². The Morgan fingerprint density at radius 3 is 2.47 bits per heavy atom. The third-order valence-corrected chi connectivity index (χ3v) is 3.80. The highest BCUT2D eigenvalue weighted by atomic mass is 14.9. The lowest BCUT2D eigenvalue weighted by Gasteiger charge is -2.13. The van der Waals surface area contributed by atoms with Gasteiger partial charge in [0, 0.05) is 5.69 Å². The summed E-state index contributed by atoms with van der Waals surface area (Å²) >= 11 is 0. The molecular formula is C18H21N. The van der Waals surface area contributed by atoms with E-state index in [0.717, 1.165) is 12.3 Å². The van der Waals surface area contributed by atoms with Crippen LogP contribution in [0, 0.1) is 5.92 Å². The number of hydrogen-bond acceptors (Lipinski definition) is 1. The maximum Gasteiger partial charge on any atom is 0.0555 e. The Morgan fingerprint density at radius 1 is 1.05 bits per heavy atom. The van der Waals surface area contributed by atoms with Crippen LogP contribution in [-0.2, 0) is 12.8 Å². The van der Waals surface area contributed by atoms with E-state index in [1.807, 2.05) is 0 Å². The van der Waals surface area contributed by atoms with Gasteiger partial charge in [0.25, 0.3) is 0 Å². The highest BCUT2D eigenvalue weighted by Crippen LogP contribution is 2.33. The van der Waals surface area contributed by atoms with Crippen molar-refractivity contribution < 1.29 is 0 Å². The van der Waals surface area contributed by atoms with Gasteiger partial charge in [0.2, 0.25) is 0 Å². The zero-order valence-electron chi connectivity index (χ0n) is 11.7. The highest BCUT2D eigenvalue weighted by molar-refractivity contribution is 5.58. The fourth-order valence-corrected chi connectivity index (χ4v) is 2.86. The first-order valence-electron chi connectivity index (χ1n) is 7.15. The van der Waals surface area contributed by atoms with E-state index in [9.17, 15) is 0 Å². The van der Waals surface area contributed by atoms with Gasteiger partial charge in [-0.25, -0.2) is 0 Å². The van der Waals surface area contributed by atoms with Crippen LogP contribution in [-0.4, -0.2) is 0 Å². The van der Waals surface area contributed by atoms with Crippen LogP contribution in [0.25, 0.3) is 0 Å². The molecule has 0 amide bonds. The number of benzene rings is 2. The van der Waals surface area contributed by atoms with E-state index in [4.69, 9.17) is 0 Å². The monoisotopic (exact) mass is 251 g/mol. The minimum atomic E-state index is 0.436. The Labute approximate surface area is 115 Å². The minimum Gasteiger partial charge on any atom is -0.378 e. The minimum absolute atomic E-state index is 0.436. The first kappa shape index (κ1) is 12.3. The highest BCUT2D eigenvalue weighted by Gasteiger charge is 2.21. The third kappa shape index (κ3) is 2.65. The summed E-state index contributed by atoms with van der Waals surface area (Å²) in [7, 11) is 0. The van der Waals surface area contributed by atoms with Crippen molar-refractivity contribution in [3.8, 4) is 0 Å². The summed E-state index contributed by atoms with van der Waals surface area (Å²) < 4.78 is 0. The molecule has 0 radical (unpaired) electrons. The van der Waals surface area contributed by atoms with Crippen LogP contribution in [0.15, 0.2) is 48.5 Å². The van der Waals surface area contributed by atoms with Gasteiger partial charge in [-0.3, -0.25) is 0 Å². The van der Waals surface area contributed by atoms with Gasteiger partial charge in [-0.1, -0.05) is 56.3 Å². The average Bonchev–Trinajstić information content (AvgIpc) is 2.82. The first-order valence-corrected chi connectivity index (χ1v) is 7.15. The molecule has 0 saturated heterocycles. The summed E-state index contributed by atoms with van der Waals surface area (Å²) in [5.41, 5.74) is 5.55. The fourth-order valence-electron chi connectivity index (χ4n) is 2.86. The Balaban J connectivity index is 1.75. The Bertz CT molecular complexity index is 529. The van der Waals surface area contributed by atoms with E-state index in [-0.39, 0.29) is 0 Å². The number of anilines is 1. The lowest BCUT2D eigenvalue weighted by molar-refractivity contribution is 0.647. The molecule has 1 unspecified atom stereocenters. The molecule has 2 aromatic rings. The fraction of sp³-hybridized carbons (Fsp3) is 0.333. The molecule has 0 aliphatic carbocycles. The topological polar surface area (TPSA) is 12.0 Å². The van der Waals surface area contributed by atoms with Crippen molar-refractivity contribution in [1.29, 1.82) is 0 Å². The summed E-state index contributed by atoms with van der Waals surface area (Å²) in [6.45, 7) is 4.53. The molecule has 1 heterocycles. The predicted molar refractivity (Wildman–Crippen MR) is 81.5 cm³/mol. The van der Waals surface area contributed by atoms with Crippen molar-refractivity contribution in [2.45, 2.75) is 32.7 Å². The maximum atomic E-state index is 3.61. The predicted octanol–water partition coefficient (Wildman–Crippen LogP) is 4.59. The van der Waals surface area contributed by atoms with E-state index >= 15 is 0 Å². The molecule has 1 aliphatic rings. The lowest BCUT2D eigenvalue weighted by atomic mass is 9.98. The summed E-state index contributed by atoms with van der Waals surface area (Å²) in [6, 6.07) is 18.2. The molecule has 1 atom stereocenters. The van der Waals surface area contributed by atoms with Crippen LogP contribution in [0.1, 0.15) is 36.6 Å². The van der Waals surface area contributed by atoms with Crippen molar-refractivity contribution in [3.63, 3.8) is 0 Å². The van der Waals surface area contributed by atoms with E-state index in [0.29, 0.717) is 6.04 Å². The number of fused-ring (bicyclic) bond motifs is 1. The van der Waals surface area contributed by atoms with Gasteiger partial charge in [0.1, 0.15) is 0 Å². The number of rotatable bonds is 3. The van der Waals surface area contributed by atoms with E-state index < -0.39 is 0 Å².